The Hall–Kier alpha value is -3.16. The van der Waals surface area contributed by atoms with Crippen molar-refractivity contribution in [2.45, 2.75) is 20.4 Å². The number of rotatable bonds is 2. The van der Waals surface area contributed by atoms with Gasteiger partial charge >= 0.3 is 0 Å². The van der Waals surface area contributed by atoms with Crippen LogP contribution in [0.15, 0.2) is 59.6 Å². The molecule has 0 radical (unpaired) electrons. The lowest BCUT2D eigenvalue weighted by Crippen LogP contribution is -2.16. The van der Waals surface area contributed by atoms with Crippen molar-refractivity contribution < 1.29 is 4.79 Å². The Kier molecular flexibility index (Phi) is 4.39. The van der Waals surface area contributed by atoms with E-state index >= 15 is 0 Å². The molecule has 0 atom stereocenters. The van der Waals surface area contributed by atoms with Gasteiger partial charge in [-0.25, -0.2) is 0 Å². The van der Waals surface area contributed by atoms with Crippen molar-refractivity contribution in [3.05, 3.63) is 76.1 Å². The van der Waals surface area contributed by atoms with Crippen LogP contribution in [0.3, 0.4) is 0 Å². The van der Waals surface area contributed by atoms with E-state index in [9.17, 15) is 4.79 Å². The summed E-state index contributed by atoms with van der Waals surface area (Å²) in [5.74, 6) is 2.43. The van der Waals surface area contributed by atoms with Crippen LogP contribution < -0.4 is 4.80 Å². The van der Waals surface area contributed by atoms with Gasteiger partial charge in [0, 0.05) is 5.56 Å². The van der Waals surface area contributed by atoms with Crippen LogP contribution in [0.25, 0.3) is 21.0 Å². The van der Waals surface area contributed by atoms with Gasteiger partial charge in [0.1, 0.15) is 0 Å². The summed E-state index contributed by atoms with van der Waals surface area (Å²) in [5, 5.41) is 1.93. The molecule has 1 amide bonds. The van der Waals surface area contributed by atoms with Gasteiger partial charge in [-0.3, -0.25) is 4.79 Å². The van der Waals surface area contributed by atoms with Crippen LogP contribution in [0.1, 0.15) is 21.5 Å². The number of hydrogen-bond donors (Lipinski definition) is 0. The van der Waals surface area contributed by atoms with Crippen molar-refractivity contribution in [2.24, 2.45) is 4.99 Å². The van der Waals surface area contributed by atoms with Gasteiger partial charge in [-0.1, -0.05) is 59.7 Å². The first-order valence-electron chi connectivity index (χ1n) is 8.69. The molecule has 0 unspecified atom stereocenters. The number of hydrogen-bond acceptors (Lipinski definition) is 2. The normalized spacial score (nSPS) is 11.8. The fourth-order valence-electron chi connectivity index (χ4n) is 3.40. The molecule has 0 saturated heterocycles. The highest BCUT2D eigenvalue weighted by atomic mass is 32.1. The van der Waals surface area contributed by atoms with Crippen molar-refractivity contribution in [1.82, 2.24) is 4.57 Å². The van der Waals surface area contributed by atoms with E-state index in [0.29, 0.717) is 16.9 Å². The molecule has 0 fully saturated rings. The van der Waals surface area contributed by atoms with E-state index in [1.807, 2.05) is 47.0 Å². The molecule has 4 aromatic rings. The van der Waals surface area contributed by atoms with Crippen LogP contribution in [0.5, 0.6) is 0 Å². The van der Waals surface area contributed by atoms with Gasteiger partial charge < -0.3 is 4.57 Å². The highest BCUT2D eigenvalue weighted by Crippen LogP contribution is 2.24. The average Bonchev–Trinajstić information content (AvgIpc) is 2.99. The minimum atomic E-state index is -0.251. The molecule has 4 heteroatoms. The minimum Gasteiger partial charge on any atom is -0.305 e. The molecule has 0 N–H and O–H groups in total. The van der Waals surface area contributed by atoms with Crippen molar-refractivity contribution >= 4 is 38.2 Å². The summed E-state index contributed by atoms with van der Waals surface area (Å²) in [7, 11) is 0. The fraction of sp³-hybridized carbons (Fsp3) is 0.130. The van der Waals surface area contributed by atoms with Crippen LogP contribution in [-0.2, 0) is 6.54 Å². The zero-order chi connectivity index (χ0) is 19.0. The summed E-state index contributed by atoms with van der Waals surface area (Å²) in [6, 6.07) is 17.8. The molecule has 3 nitrogen and oxygen atoms in total. The van der Waals surface area contributed by atoms with Gasteiger partial charge in [0.15, 0.2) is 4.80 Å². The number of aromatic nitrogens is 1. The molecule has 0 saturated carbocycles. The Labute approximate surface area is 161 Å². The molecule has 1 aromatic heterocycles. The van der Waals surface area contributed by atoms with Crippen molar-refractivity contribution in [1.29, 1.82) is 0 Å². The first kappa shape index (κ1) is 17.3. The Balaban J connectivity index is 1.94. The number of thiazole rings is 1. The second-order valence-electron chi connectivity index (χ2n) is 6.55. The van der Waals surface area contributed by atoms with E-state index < -0.39 is 0 Å². The third-order valence-electron chi connectivity index (χ3n) is 4.58. The fourth-order valence-corrected chi connectivity index (χ4v) is 4.48. The predicted octanol–water partition coefficient (Wildman–Crippen LogP) is 4.85. The van der Waals surface area contributed by atoms with E-state index in [2.05, 4.69) is 36.9 Å². The summed E-state index contributed by atoms with van der Waals surface area (Å²) in [6.45, 7) is 4.51. The van der Waals surface area contributed by atoms with E-state index in [1.54, 1.807) is 0 Å². The molecule has 0 aliphatic carbocycles. The third-order valence-corrected chi connectivity index (χ3v) is 5.81. The van der Waals surface area contributed by atoms with Crippen molar-refractivity contribution in [3.63, 3.8) is 0 Å². The average molecular weight is 370 g/mol. The molecule has 0 spiro atoms. The van der Waals surface area contributed by atoms with Gasteiger partial charge in [0.05, 0.1) is 16.8 Å². The molecular formula is C23H18N2OS. The van der Waals surface area contributed by atoms with Gasteiger partial charge in [0.25, 0.3) is 5.91 Å². The van der Waals surface area contributed by atoms with Gasteiger partial charge in [-0.2, -0.15) is 4.99 Å². The topological polar surface area (TPSA) is 34.4 Å². The van der Waals surface area contributed by atoms with E-state index in [1.165, 1.54) is 16.9 Å². The van der Waals surface area contributed by atoms with Crippen molar-refractivity contribution in [3.8, 4) is 12.3 Å². The lowest BCUT2D eigenvalue weighted by molar-refractivity contribution is 0.0999. The first-order valence-corrected chi connectivity index (χ1v) is 9.51. The van der Waals surface area contributed by atoms with Crippen LogP contribution in [0.4, 0.5) is 0 Å². The van der Waals surface area contributed by atoms with Crippen LogP contribution >= 0.6 is 11.3 Å². The Morgan fingerprint density at radius 3 is 2.74 bits per heavy atom. The quantitative estimate of drug-likeness (QED) is 0.465. The first-order chi connectivity index (χ1) is 13.1. The second kappa shape index (κ2) is 6.86. The Bertz CT molecular complexity index is 1300. The third kappa shape index (κ3) is 3.07. The second-order valence-corrected chi connectivity index (χ2v) is 7.53. The lowest BCUT2D eigenvalue weighted by atomic mass is 10.0. The number of carbonyl (C=O) groups is 1. The molecule has 0 aliphatic heterocycles. The summed E-state index contributed by atoms with van der Waals surface area (Å²) in [6.07, 6.45) is 5.58. The van der Waals surface area contributed by atoms with Crippen LogP contribution in [0, 0.1) is 26.2 Å². The van der Waals surface area contributed by atoms with E-state index in [-0.39, 0.29) is 5.91 Å². The molecule has 4 rings (SSSR count). The number of carbonyl (C=O) groups excluding carboxylic acids is 1. The van der Waals surface area contributed by atoms with Crippen molar-refractivity contribution in [2.75, 3.05) is 0 Å². The summed E-state index contributed by atoms with van der Waals surface area (Å²) >= 11 is 1.51. The van der Waals surface area contributed by atoms with E-state index in [0.717, 1.165) is 26.6 Å². The maximum Gasteiger partial charge on any atom is 0.280 e. The number of benzene rings is 3. The Morgan fingerprint density at radius 1 is 1.15 bits per heavy atom. The maximum atomic E-state index is 13.0. The highest BCUT2D eigenvalue weighted by Gasteiger charge is 2.12. The number of amides is 1. The zero-order valence-corrected chi connectivity index (χ0v) is 16.0. The summed E-state index contributed by atoms with van der Waals surface area (Å²) < 4.78 is 3.06. The SMILES string of the molecule is C#CCn1c(=NC(=O)c2cccc3ccccc23)sc2c(C)cc(C)cc21. The number of aryl methyl sites for hydroxylation is 2. The number of terminal acetylenes is 1. The monoisotopic (exact) mass is 370 g/mol. The molecular weight excluding hydrogens is 352 g/mol. The molecule has 0 bridgehead atoms. The molecule has 0 aliphatic rings. The molecule has 3 aromatic carbocycles. The molecule has 1 heterocycles. The summed E-state index contributed by atoms with van der Waals surface area (Å²) in [4.78, 5) is 18.1. The maximum absolute atomic E-state index is 13.0. The minimum absolute atomic E-state index is 0.251. The standard InChI is InChI=1S/C23H18N2OS/c1-4-12-25-20-14-15(2)13-16(3)21(20)27-23(25)24-22(26)19-11-7-9-17-8-5-6-10-18(17)19/h1,5-11,13-14H,12H2,2-3H3. The molecule has 27 heavy (non-hydrogen) atoms. The van der Waals surface area contributed by atoms with Gasteiger partial charge in [-0.15, -0.1) is 6.42 Å². The lowest BCUT2D eigenvalue weighted by Gasteiger charge is -2.04. The largest absolute Gasteiger partial charge is 0.305 e. The zero-order valence-electron chi connectivity index (χ0n) is 15.2. The van der Waals surface area contributed by atoms with E-state index in [4.69, 9.17) is 6.42 Å². The predicted molar refractivity (Wildman–Crippen MR) is 112 cm³/mol. The van der Waals surface area contributed by atoms with Gasteiger partial charge in [-0.05, 0) is 47.9 Å². The number of nitrogens with zero attached hydrogens (tertiary/aromatic N) is 2. The van der Waals surface area contributed by atoms with Crippen LogP contribution in [0.2, 0.25) is 0 Å². The smallest absolute Gasteiger partial charge is 0.280 e. The van der Waals surface area contributed by atoms with Gasteiger partial charge in [0.2, 0.25) is 0 Å². The summed E-state index contributed by atoms with van der Waals surface area (Å²) in [5.41, 5.74) is 3.96. The molecule has 132 valence electrons. The highest BCUT2D eigenvalue weighted by molar-refractivity contribution is 7.16. The van der Waals surface area contributed by atoms with Crippen LogP contribution in [-0.4, -0.2) is 10.5 Å². The number of fused-ring (bicyclic) bond motifs is 2. The Morgan fingerprint density at radius 2 is 1.93 bits per heavy atom.